The summed E-state index contributed by atoms with van der Waals surface area (Å²) in [6.45, 7) is 2.97. The zero-order valence-electron chi connectivity index (χ0n) is 11.3. The van der Waals surface area contributed by atoms with Crippen molar-refractivity contribution in [3.8, 4) is 0 Å². The van der Waals surface area contributed by atoms with Crippen LogP contribution in [0.25, 0.3) is 0 Å². The van der Waals surface area contributed by atoms with Crippen LogP contribution in [-0.2, 0) is 9.53 Å². The van der Waals surface area contributed by atoms with E-state index in [9.17, 15) is 19.3 Å². The SMILES string of the molecule is COC(=O)C(C)(C)[C@H](N)c1cc(F)ccc1[N+](=O)[O-].Cl. The quantitative estimate of drug-likeness (QED) is 0.523. The van der Waals surface area contributed by atoms with Gasteiger partial charge in [-0.15, -0.1) is 12.4 Å². The lowest BCUT2D eigenvalue weighted by Crippen LogP contribution is -2.37. The molecule has 0 fully saturated rings. The molecule has 0 aromatic heterocycles. The molecule has 0 unspecified atom stereocenters. The Morgan fingerprint density at radius 3 is 2.50 bits per heavy atom. The number of nitrogens with two attached hydrogens (primary N) is 1. The lowest BCUT2D eigenvalue weighted by molar-refractivity contribution is -0.385. The number of nitro benzene ring substituents is 1. The molecule has 0 radical (unpaired) electrons. The summed E-state index contributed by atoms with van der Waals surface area (Å²) in [5, 5.41) is 10.9. The van der Waals surface area contributed by atoms with Crippen LogP contribution in [-0.4, -0.2) is 18.0 Å². The molecular formula is C12H16ClFN2O4. The van der Waals surface area contributed by atoms with Crippen molar-refractivity contribution in [2.75, 3.05) is 7.11 Å². The first-order chi connectivity index (χ1) is 8.71. The molecule has 1 aromatic carbocycles. The largest absolute Gasteiger partial charge is 0.469 e. The Labute approximate surface area is 121 Å². The maximum absolute atomic E-state index is 13.2. The minimum Gasteiger partial charge on any atom is -0.469 e. The van der Waals surface area contributed by atoms with Gasteiger partial charge in [0.2, 0.25) is 0 Å². The van der Waals surface area contributed by atoms with Gasteiger partial charge in [0.25, 0.3) is 5.69 Å². The Hall–Kier alpha value is -1.73. The molecule has 0 saturated heterocycles. The highest BCUT2D eigenvalue weighted by molar-refractivity contribution is 5.85. The van der Waals surface area contributed by atoms with Crippen molar-refractivity contribution in [2.24, 2.45) is 11.1 Å². The third-order valence-corrected chi connectivity index (χ3v) is 3.01. The average molecular weight is 307 g/mol. The molecule has 1 atom stereocenters. The Morgan fingerprint density at radius 1 is 1.50 bits per heavy atom. The second-order valence-corrected chi connectivity index (χ2v) is 4.65. The van der Waals surface area contributed by atoms with E-state index in [4.69, 9.17) is 5.73 Å². The monoisotopic (exact) mass is 306 g/mol. The van der Waals surface area contributed by atoms with Crippen LogP contribution in [0.2, 0.25) is 0 Å². The number of nitrogens with zero attached hydrogens (tertiary/aromatic N) is 1. The topological polar surface area (TPSA) is 95.5 Å². The van der Waals surface area contributed by atoms with E-state index in [1.807, 2.05) is 0 Å². The first-order valence-corrected chi connectivity index (χ1v) is 5.49. The predicted molar refractivity (Wildman–Crippen MR) is 73.0 cm³/mol. The minimum absolute atomic E-state index is 0. The zero-order chi connectivity index (χ0) is 14.8. The molecule has 1 aromatic rings. The molecule has 2 N–H and O–H groups in total. The van der Waals surface area contributed by atoms with E-state index >= 15 is 0 Å². The van der Waals surface area contributed by atoms with Gasteiger partial charge in [0.1, 0.15) is 5.82 Å². The second kappa shape index (κ2) is 6.62. The van der Waals surface area contributed by atoms with E-state index in [1.54, 1.807) is 0 Å². The molecular weight excluding hydrogens is 291 g/mol. The van der Waals surface area contributed by atoms with Crippen molar-refractivity contribution < 1.29 is 18.8 Å². The van der Waals surface area contributed by atoms with Crippen molar-refractivity contribution in [3.63, 3.8) is 0 Å². The van der Waals surface area contributed by atoms with Gasteiger partial charge >= 0.3 is 5.97 Å². The van der Waals surface area contributed by atoms with Gasteiger partial charge < -0.3 is 10.5 Å². The first-order valence-electron chi connectivity index (χ1n) is 5.49. The number of carbonyl (C=O) groups excluding carboxylic acids is 1. The van der Waals surface area contributed by atoms with E-state index in [2.05, 4.69) is 4.74 Å². The Balaban J connectivity index is 0.00000361. The molecule has 0 heterocycles. The molecule has 0 spiro atoms. The third kappa shape index (κ3) is 3.43. The first kappa shape index (κ1) is 18.3. The van der Waals surface area contributed by atoms with Gasteiger partial charge in [-0.2, -0.15) is 0 Å². The number of benzene rings is 1. The van der Waals surface area contributed by atoms with Crippen LogP contribution in [0.4, 0.5) is 10.1 Å². The minimum atomic E-state index is -1.21. The van der Waals surface area contributed by atoms with Gasteiger partial charge in [0, 0.05) is 6.07 Å². The molecule has 6 nitrogen and oxygen atoms in total. The lowest BCUT2D eigenvalue weighted by atomic mass is 9.80. The average Bonchev–Trinajstić information content (AvgIpc) is 2.36. The molecule has 0 saturated carbocycles. The van der Waals surface area contributed by atoms with Crippen molar-refractivity contribution in [1.82, 2.24) is 0 Å². The smallest absolute Gasteiger partial charge is 0.313 e. The number of carbonyl (C=O) groups is 1. The van der Waals surface area contributed by atoms with E-state index in [0.29, 0.717) is 0 Å². The maximum Gasteiger partial charge on any atom is 0.313 e. The number of methoxy groups -OCH3 is 1. The molecule has 20 heavy (non-hydrogen) atoms. The number of ether oxygens (including phenoxy) is 1. The van der Waals surface area contributed by atoms with E-state index in [0.717, 1.165) is 18.2 Å². The summed E-state index contributed by atoms with van der Waals surface area (Å²) >= 11 is 0. The fourth-order valence-electron chi connectivity index (χ4n) is 1.72. The Kier molecular flexibility index (Phi) is 6.05. The Bertz CT molecular complexity index is 522. The normalized spacial score (nSPS) is 12.2. The number of rotatable bonds is 4. The van der Waals surface area contributed by atoms with Crippen LogP contribution in [0.1, 0.15) is 25.5 Å². The van der Waals surface area contributed by atoms with Gasteiger partial charge in [-0.1, -0.05) is 0 Å². The highest BCUT2D eigenvalue weighted by Crippen LogP contribution is 2.37. The van der Waals surface area contributed by atoms with E-state index in [1.165, 1.54) is 21.0 Å². The molecule has 0 aliphatic rings. The molecule has 1 rings (SSSR count). The maximum atomic E-state index is 13.2. The standard InChI is InChI=1S/C12H15FN2O4.ClH/c1-12(2,11(16)19-3)10(14)8-6-7(13)4-5-9(8)15(17)18;/h4-6,10H,14H2,1-3H3;1H/t10-;/m1./s1. The highest BCUT2D eigenvalue weighted by atomic mass is 35.5. The number of esters is 1. The van der Waals surface area contributed by atoms with Crippen LogP contribution >= 0.6 is 12.4 Å². The third-order valence-electron chi connectivity index (χ3n) is 3.01. The van der Waals surface area contributed by atoms with Crippen molar-refractivity contribution >= 4 is 24.1 Å². The number of hydrogen-bond acceptors (Lipinski definition) is 5. The predicted octanol–water partition coefficient (Wildman–Crippen LogP) is 2.35. The van der Waals surface area contributed by atoms with E-state index < -0.39 is 28.2 Å². The zero-order valence-corrected chi connectivity index (χ0v) is 12.1. The van der Waals surface area contributed by atoms with Crippen molar-refractivity contribution in [1.29, 1.82) is 0 Å². The summed E-state index contributed by atoms with van der Waals surface area (Å²) < 4.78 is 17.9. The van der Waals surface area contributed by atoms with Crippen LogP contribution in [0, 0.1) is 21.3 Å². The summed E-state index contributed by atoms with van der Waals surface area (Å²) in [5.74, 6) is -1.28. The molecule has 8 heteroatoms. The fraction of sp³-hybridized carbons (Fsp3) is 0.417. The second-order valence-electron chi connectivity index (χ2n) is 4.65. The van der Waals surface area contributed by atoms with Gasteiger partial charge in [-0.05, 0) is 26.0 Å². The highest BCUT2D eigenvalue weighted by Gasteiger charge is 2.39. The van der Waals surface area contributed by atoms with Crippen LogP contribution in [0.5, 0.6) is 0 Å². The summed E-state index contributed by atoms with van der Waals surface area (Å²) in [4.78, 5) is 21.9. The van der Waals surface area contributed by atoms with Crippen molar-refractivity contribution in [3.05, 3.63) is 39.7 Å². The fourth-order valence-corrected chi connectivity index (χ4v) is 1.72. The summed E-state index contributed by atoms with van der Waals surface area (Å²) in [6.07, 6.45) is 0. The lowest BCUT2D eigenvalue weighted by Gasteiger charge is -2.28. The van der Waals surface area contributed by atoms with E-state index in [-0.39, 0.29) is 23.7 Å². The van der Waals surface area contributed by atoms with Gasteiger partial charge in [0.05, 0.1) is 29.1 Å². The molecule has 0 amide bonds. The Morgan fingerprint density at radius 2 is 2.05 bits per heavy atom. The van der Waals surface area contributed by atoms with Gasteiger partial charge in [-0.25, -0.2) is 4.39 Å². The van der Waals surface area contributed by atoms with Gasteiger partial charge in [0.15, 0.2) is 0 Å². The molecule has 0 aliphatic heterocycles. The summed E-state index contributed by atoms with van der Waals surface area (Å²) in [7, 11) is 1.19. The van der Waals surface area contributed by atoms with Crippen molar-refractivity contribution in [2.45, 2.75) is 19.9 Å². The van der Waals surface area contributed by atoms with Crippen LogP contribution in [0.15, 0.2) is 18.2 Å². The number of hydrogen-bond donors (Lipinski definition) is 1. The summed E-state index contributed by atoms with van der Waals surface area (Å²) in [5.41, 5.74) is 4.30. The number of halogens is 2. The van der Waals surface area contributed by atoms with Crippen LogP contribution < -0.4 is 5.73 Å². The molecule has 112 valence electrons. The van der Waals surface area contributed by atoms with Gasteiger partial charge in [-0.3, -0.25) is 14.9 Å². The molecule has 0 bridgehead atoms. The molecule has 0 aliphatic carbocycles. The van der Waals surface area contributed by atoms with Crippen LogP contribution in [0.3, 0.4) is 0 Å². The summed E-state index contributed by atoms with van der Waals surface area (Å²) in [6, 6.07) is 1.90. The number of nitro groups is 1.